The van der Waals surface area contributed by atoms with E-state index in [0.717, 1.165) is 11.3 Å². The molecule has 1 heterocycles. The standard InChI is InChI=1S/C18H14N4O/c19-10-14-6-8-15(9-7-14)11-21-18(23)17-12-20-13-22(17)16-4-2-1-3-5-16/h1-9,12-13H,11H2,(H,21,23). The van der Waals surface area contributed by atoms with Gasteiger partial charge in [-0.3, -0.25) is 9.36 Å². The molecule has 0 spiro atoms. The average molecular weight is 302 g/mol. The lowest BCUT2D eigenvalue weighted by atomic mass is 10.1. The van der Waals surface area contributed by atoms with E-state index in [4.69, 9.17) is 5.26 Å². The van der Waals surface area contributed by atoms with Gasteiger partial charge in [0.1, 0.15) is 5.69 Å². The van der Waals surface area contributed by atoms with E-state index in [2.05, 4.69) is 16.4 Å². The van der Waals surface area contributed by atoms with Crippen LogP contribution in [0.4, 0.5) is 0 Å². The van der Waals surface area contributed by atoms with Gasteiger partial charge in [-0.05, 0) is 29.8 Å². The molecule has 23 heavy (non-hydrogen) atoms. The van der Waals surface area contributed by atoms with Crippen LogP contribution in [-0.4, -0.2) is 15.5 Å². The lowest BCUT2D eigenvalue weighted by Gasteiger charge is -2.09. The SMILES string of the molecule is N#Cc1ccc(CNC(=O)c2cncn2-c2ccccc2)cc1. The Morgan fingerprint density at radius 1 is 1.13 bits per heavy atom. The minimum absolute atomic E-state index is 0.198. The van der Waals surface area contributed by atoms with Crippen LogP contribution in [0.25, 0.3) is 5.69 Å². The van der Waals surface area contributed by atoms with Gasteiger partial charge in [0.2, 0.25) is 0 Å². The van der Waals surface area contributed by atoms with Crippen molar-refractivity contribution in [2.24, 2.45) is 0 Å². The Hall–Kier alpha value is -3.39. The highest BCUT2D eigenvalue weighted by Gasteiger charge is 2.12. The van der Waals surface area contributed by atoms with Crippen molar-refractivity contribution < 1.29 is 4.79 Å². The third-order valence-electron chi connectivity index (χ3n) is 3.44. The second-order valence-electron chi connectivity index (χ2n) is 4.98. The molecular formula is C18H14N4O. The van der Waals surface area contributed by atoms with Gasteiger partial charge in [0.05, 0.1) is 24.2 Å². The first kappa shape index (κ1) is 14.5. The number of para-hydroxylation sites is 1. The van der Waals surface area contributed by atoms with Crippen molar-refractivity contribution in [2.45, 2.75) is 6.54 Å². The summed E-state index contributed by atoms with van der Waals surface area (Å²) in [7, 11) is 0. The molecule has 3 rings (SSSR count). The van der Waals surface area contributed by atoms with Crippen LogP contribution in [0, 0.1) is 11.3 Å². The number of imidazole rings is 1. The largest absolute Gasteiger partial charge is 0.347 e. The van der Waals surface area contributed by atoms with Gasteiger partial charge >= 0.3 is 0 Å². The average Bonchev–Trinajstić information content (AvgIpc) is 3.11. The quantitative estimate of drug-likeness (QED) is 0.805. The molecule has 112 valence electrons. The number of benzene rings is 2. The lowest BCUT2D eigenvalue weighted by molar-refractivity contribution is 0.0944. The summed E-state index contributed by atoms with van der Waals surface area (Å²) in [5, 5.41) is 11.6. The van der Waals surface area contributed by atoms with Crippen molar-refractivity contribution >= 4 is 5.91 Å². The fourth-order valence-electron chi connectivity index (χ4n) is 2.23. The Morgan fingerprint density at radius 2 is 1.87 bits per heavy atom. The number of hydrogen-bond donors (Lipinski definition) is 1. The van der Waals surface area contributed by atoms with E-state index in [-0.39, 0.29) is 5.91 Å². The Bertz CT molecular complexity index is 845. The van der Waals surface area contributed by atoms with Crippen molar-refractivity contribution in [3.63, 3.8) is 0 Å². The molecule has 0 aliphatic rings. The van der Waals surface area contributed by atoms with Crippen LogP contribution in [0.2, 0.25) is 0 Å². The van der Waals surface area contributed by atoms with Gasteiger partial charge in [-0.2, -0.15) is 5.26 Å². The molecule has 0 aliphatic carbocycles. The number of rotatable bonds is 4. The minimum Gasteiger partial charge on any atom is -0.347 e. The number of hydrogen-bond acceptors (Lipinski definition) is 3. The predicted octanol–water partition coefficient (Wildman–Crippen LogP) is 2.67. The summed E-state index contributed by atoms with van der Waals surface area (Å²) < 4.78 is 1.74. The highest BCUT2D eigenvalue weighted by atomic mass is 16.1. The maximum absolute atomic E-state index is 12.4. The maximum atomic E-state index is 12.4. The fraction of sp³-hybridized carbons (Fsp3) is 0.0556. The van der Waals surface area contributed by atoms with Gasteiger partial charge in [-0.25, -0.2) is 4.98 Å². The van der Waals surface area contributed by atoms with E-state index in [1.54, 1.807) is 29.2 Å². The molecule has 0 aliphatic heterocycles. The van der Waals surface area contributed by atoms with Crippen molar-refractivity contribution in [1.29, 1.82) is 5.26 Å². The van der Waals surface area contributed by atoms with Crippen LogP contribution in [-0.2, 0) is 6.54 Å². The molecule has 3 aromatic rings. The summed E-state index contributed by atoms with van der Waals surface area (Å²) in [6, 6.07) is 18.8. The van der Waals surface area contributed by atoms with Gasteiger partial charge in [0, 0.05) is 12.2 Å². The number of carbonyl (C=O) groups excluding carboxylic acids is 1. The highest BCUT2D eigenvalue weighted by Crippen LogP contribution is 2.11. The summed E-state index contributed by atoms with van der Waals surface area (Å²) in [5.74, 6) is -0.198. The fourth-order valence-corrected chi connectivity index (χ4v) is 2.23. The van der Waals surface area contributed by atoms with Crippen molar-refractivity contribution in [2.75, 3.05) is 0 Å². The Kier molecular flexibility index (Phi) is 4.16. The number of nitrogens with one attached hydrogen (secondary N) is 1. The molecule has 1 N–H and O–H groups in total. The van der Waals surface area contributed by atoms with Crippen molar-refractivity contribution in [1.82, 2.24) is 14.9 Å². The third kappa shape index (κ3) is 3.27. The first-order valence-electron chi connectivity index (χ1n) is 7.13. The number of carbonyl (C=O) groups is 1. The van der Waals surface area contributed by atoms with E-state index in [9.17, 15) is 4.79 Å². The molecule has 0 fully saturated rings. The topological polar surface area (TPSA) is 70.7 Å². The molecule has 2 aromatic carbocycles. The van der Waals surface area contributed by atoms with Crippen LogP contribution in [0.1, 0.15) is 21.6 Å². The zero-order valence-electron chi connectivity index (χ0n) is 12.3. The van der Waals surface area contributed by atoms with Crippen LogP contribution in [0.5, 0.6) is 0 Å². The van der Waals surface area contributed by atoms with Gasteiger partial charge in [0.25, 0.3) is 5.91 Å². The Balaban J connectivity index is 1.72. The predicted molar refractivity (Wildman–Crippen MR) is 85.9 cm³/mol. The maximum Gasteiger partial charge on any atom is 0.270 e. The van der Waals surface area contributed by atoms with Gasteiger partial charge < -0.3 is 5.32 Å². The number of aromatic nitrogens is 2. The van der Waals surface area contributed by atoms with E-state index in [1.165, 1.54) is 0 Å². The molecule has 1 aromatic heterocycles. The monoisotopic (exact) mass is 302 g/mol. The molecule has 5 nitrogen and oxygen atoms in total. The summed E-state index contributed by atoms with van der Waals surface area (Å²) in [6.07, 6.45) is 3.16. The molecule has 0 radical (unpaired) electrons. The zero-order valence-corrected chi connectivity index (χ0v) is 12.3. The van der Waals surface area contributed by atoms with E-state index >= 15 is 0 Å². The molecule has 0 saturated heterocycles. The van der Waals surface area contributed by atoms with Gasteiger partial charge in [0.15, 0.2) is 0 Å². The number of nitriles is 1. The first-order valence-corrected chi connectivity index (χ1v) is 7.13. The Morgan fingerprint density at radius 3 is 2.57 bits per heavy atom. The molecule has 0 atom stereocenters. The normalized spacial score (nSPS) is 10.0. The molecule has 0 bridgehead atoms. The molecule has 5 heteroatoms. The smallest absolute Gasteiger partial charge is 0.270 e. The summed E-state index contributed by atoms with van der Waals surface area (Å²) in [6.45, 7) is 0.393. The first-order chi connectivity index (χ1) is 11.3. The van der Waals surface area contributed by atoms with Crippen molar-refractivity contribution in [3.8, 4) is 11.8 Å². The minimum atomic E-state index is -0.198. The van der Waals surface area contributed by atoms with Gasteiger partial charge in [-0.1, -0.05) is 30.3 Å². The molecular weight excluding hydrogens is 288 g/mol. The second kappa shape index (κ2) is 6.58. The van der Waals surface area contributed by atoms with Crippen molar-refractivity contribution in [3.05, 3.63) is 83.9 Å². The van der Waals surface area contributed by atoms with Crippen LogP contribution in [0.15, 0.2) is 67.1 Å². The lowest BCUT2D eigenvalue weighted by Crippen LogP contribution is -2.25. The zero-order chi connectivity index (χ0) is 16.1. The third-order valence-corrected chi connectivity index (χ3v) is 3.44. The molecule has 0 unspecified atom stereocenters. The van der Waals surface area contributed by atoms with Gasteiger partial charge in [-0.15, -0.1) is 0 Å². The highest BCUT2D eigenvalue weighted by molar-refractivity contribution is 5.92. The summed E-state index contributed by atoms with van der Waals surface area (Å²) in [5.41, 5.74) is 2.89. The van der Waals surface area contributed by atoms with E-state index in [1.807, 2.05) is 42.5 Å². The summed E-state index contributed by atoms with van der Waals surface area (Å²) >= 11 is 0. The molecule has 1 amide bonds. The van der Waals surface area contributed by atoms with Crippen LogP contribution in [0.3, 0.4) is 0 Å². The summed E-state index contributed by atoms with van der Waals surface area (Å²) in [4.78, 5) is 16.4. The Labute approximate surface area is 133 Å². The van der Waals surface area contributed by atoms with Crippen LogP contribution >= 0.6 is 0 Å². The van der Waals surface area contributed by atoms with Crippen LogP contribution < -0.4 is 5.32 Å². The van der Waals surface area contributed by atoms with E-state index in [0.29, 0.717) is 17.8 Å². The number of nitrogens with zero attached hydrogens (tertiary/aromatic N) is 3. The van der Waals surface area contributed by atoms with E-state index < -0.39 is 0 Å². The molecule has 0 saturated carbocycles. The second-order valence-corrected chi connectivity index (χ2v) is 4.98. The number of amides is 1.